The van der Waals surface area contributed by atoms with Gasteiger partial charge in [-0.05, 0) is 28.5 Å². The number of hydrogen-bond donors (Lipinski definition) is 0. The molecule has 24 heavy (non-hydrogen) atoms. The summed E-state index contributed by atoms with van der Waals surface area (Å²) in [5.41, 5.74) is -3.48. The molecule has 0 unspecified atom stereocenters. The van der Waals surface area contributed by atoms with Crippen molar-refractivity contribution in [2.75, 3.05) is 0 Å². The van der Waals surface area contributed by atoms with Gasteiger partial charge in [0.05, 0.1) is 23.9 Å². The molecule has 0 aliphatic rings. The van der Waals surface area contributed by atoms with Gasteiger partial charge in [0.15, 0.2) is 0 Å². The topological polar surface area (TPSA) is 161 Å². The zero-order valence-electron chi connectivity index (χ0n) is 11.6. The van der Waals surface area contributed by atoms with E-state index in [0.29, 0.717) is 0 Å². The molecule has 0 saturated carbocycles. The van der Waals surface area contributed by atoms with Crippen LogP contribution in [0.1, 0.15) is 41.4 Å². The molecule has 2 rings (SSSR count). The zero-order valence-corrected chi connectivity index (χ0v) is 14.7. The van der Waals surface area contributed by atoms with Crippen LogP contribution in [0.2, 0.25) is 0 Å². The monoisotopic (exact) mass is 396 g/mol. The minimum atomic E-state index is -2.07. The van der Waals surface area contributed by atoms with E-state index in [1.165, 1.54) is 0 Å². The minimum absolute atomic E-state index is 0. The third-order valence-electron chi connectivity index (χ3n) is 3.01. The van der Waals surface area contributed by atoms with Gasteiger partial charge < -0.3 is 39.6 Å². The second-order valence-corrected chi connectivity index (χ2v) is 4.26. The smallest absolute Gasteiger partial charge is 0.545 e. The summed E-state index contributed by atoms with van der Waals surface area (Å²) in [4.78, 5) is 44.1. The Kier molecular flexibility index (Phi) is 7.53. The Morgan fingerprint density at radius 1 is 0.667 bits per heavy atom. The first-order valence-corrected chi connectivity index (χ1v) is 5.70. The second kappa shape index (κ2) is 8.21. The van der Waals surface area contributed by atoms with Crippen LogP contribution in [-0.4, -0.2) is 23.9 Å². The molecule has 0 aliphatic carbocycles. The van der Waals surface area contributed by atoms with Crippen molar-refractivity contribution in [1.29, 1.82) is 0 Å². The minimum Gasteiger partial charge on any atom is -0.545 e. The molecule has 2 aromatic carbocycles. The Hall–Kier alpha value is -1.99. The molecule has 10 heteroatoms. The average molecular weight is 396 g/mol. The number of fused-ring (bicyclic) bond motifs is 1. The summed E-state index contributed by atoms with van der Waals surface area (Å²) in [6.45, 7) is 0. The van der Waals surface area contributed by atoms with Crippen molar-refractivity contribution in [3.63, 3.8) is 0 Å². The molecule has 0 saturated heterocycles. The molecule has 0 spiro atoms. The van der Waals surface area contributed by atoms with Crippen molar-refractivity contribution in [2.45, 2.75) is 0 Å². The molecule has 116 valence electrons. The van der Waals surface area contributed by atoms with E-state index < -0.39 is 46.1 Å². The van der Waals surface area contributed by atoms with E-state index in [1.807, 2.05) is 0 Å². The summed E-state index contributed by atoms with van der Waals surface area (Å²) < 4.78 is 0. The number of hydrogen-bond acceptors (Lipinski definition) is 8. The van der Waals surface area contributed by atoms with Gasteiger partial charge in [0.2, 0.25) is 0 Å². The molecule has 0 aliphatic heterocycles. The van der Waals surface area contributed by atoms with Gasteiger partial charge in [-0.25, -0.2) is 0 Å². The number of carbonyl (C=O) groups is 4. The van der Waals surface area contributed by atoms with Gasteiger partial charge in [-0.15, -0.1) is 0 Å². The predicted molar refractivity (Wildman–Crippen MR) is 61.3 cm³/mol. The fourth-order valence-electron chi connectivity index (χ4n) is 2.11. The third kappa shape index (κ3) is 3.91. The van der Waals surface area contributed by atoms with Crippen LogP contribution < -0.4 is 20.4 Å². The van der Waals surface area contributed by atoms with Crippen LogP contribution in [0, 0.1) is 0 Å². The quantitative estimate of drug-likeness (QED) is 0.477. The van der Waals surface area contributed by atoms with Crippen molar-refractivity contribution in [2.24, 2.45) is 0 Å². The fraction of sp³-hybridized carbons (Fsp3) is 0. The maximum atomic E-state index is 11.2. The molecule has 0 N–H and O–H groups in total. The van der Waals surface area contributed by atoms with E-state index in [-0.39, 0.29) is 54.2 Å². The normalized spacial score (nSPS) is 9.50. The fourth-order valence-corrected chi connectivity index (χ4v) is 2.11. The SMILES string of the molecule is O=C([O-])c1ccc2cc(C(=O)[O-])c(C(=O)[O-])c(C(=O)[O-])c2c1.[Ti+2].[Ti+2]. The van der Waals surface area contributed by atoms with E-state index in [2.05, 4.69) is 0 Å². The Bertz CT molecular complexity index is 859. The number of aromatic carboxylic acids is 4. The molecular weight excluding hydrogens is 392 g/mol. The molecule has 2 aromatic rings. The molecular formula is C14H4O8Ti2. The molecule has 0 atom stereocenters. The zero-order chi connectivity index (χ0) is 16.6. The van der Waals surface area contributed by atoms with Crippen molar-refractivity contribution in [1.82, 2.24) is 0 Å². The maximum absolute atomic E-state index is 11.2. The van der Waals surface area contributed by atoms with E-state index in [9.17, 15) is 39.6 Å². The van der Waals surface area contributed by atoms with Gasteiger partial charge in [-0.3, -0.25) is 0 Å². The number of carboxylic acids is 4. The van der Waals surface area contributed by atoms with Crippen LogP contribution in [0.25, 0.3) is 10.8 Å². The molecule has 0 fully saturated rings. The molecule has 0 amide bonds. The molecule has 0 heterocycles. The van der Waals surface area contributed by atoms with Crippen LogP contribution >= 0.6 is 0 Å². The average Bonchev–Trinajstić information content (AvgIpc) is 2.43. The van der Waals surface area contributed by atoms with Crippen molar-refractivity contribution < 1.29 is 83.0 Å². The Morgan fingerprint density at radius 2 is 1.21 bits per heavy atom. The number of carbonyl (C=O) groups excluding carboxylic acids is 4. The van der Waals surface area contributed by atoms with Crippen molar-refractivity contribution >= 4 is 34.6 Å². The first-order valence-electron chi connectivity index (χ1n) is 5.70. The predicted octanol–water partition coefficient (Wildman–Crippen LogP) is -3.71. The van der Waals surface area contributed by atoms with Crippen LogP contribution in [0.3, 0.4) is 0 Å². The maximum Gasteiger partial charge on any atom is 2.00 e. The Labute approximate surface area is 163 Å². The van der Waals surface area contributed by atoms with Gasteiger partial charge in [-0.1, -0.05) is 12.1 Å². The van der Waals surface area contributed by atoms with E-state index in [0.717, 1.165) is 24.3 Å². The van der Waals surface area contributed by atoms with Crippen LogP contribution in [0.15, 0.2) is 24.3 Å². The first-order chi connectivity index (χ1) is 10.2. The summed E-state index contributed by atoms with van der Waals surface area (Å²) in [6, 6.07) is 3.86. The van der Waals surface area contributed by atoms with Gasteiger partial charge in [-0.2, -0.15) is 0 Å². The summed E-state index contributed by atoms with van der Waals surface area (Å²) in [6.07, 6.45) is 0. The molecule has 0 radical (unpaired) electrons. The van der Waals surface area contributed by atoms with E-state index >= 15 is 0 Å². The van der Waals surface area contributed by atoms with Crippen LogP contribution in [0.4, 0.5) is 0 Å². The summed E-state index contributed by atoms with van der Waals surface area (Å²) in [5.74, 6) is -7.61. The van der Waals surface area contributed by atoms with Gasteiger partial charge in [0.1, 0.15) is 0 Å². The third-order valence-corrected chi connectivity index (χ3v) is 3.01. The second-order valence-electron chi connectivity index (χ2n) is 4.26. The summed E-state index contributed by atoms with van der Waals surface area (Å²) in [5, 5.41) is 43.8. The number of rotatable bonds is 4. The Balaban J connectivity index is 0.00000264. The van der Waals surface area contributed by atoms with Crippen LogP contribution in [-0.2, 0) is 43.4 Å². The number of carboxylic acid groups (broad SMARTS) is 4. The summed E-state index contributed by atoms with van der Waals surface area (Å²) >= 11 is 0. The molecule has 8 nitrogen and oxygen atoms in total. The van der Waals surface area contributed by atoms with Crippen molar-refractivity contribution in [3.8, 4) is 0 Å². The van der Waals surface area contributed by atoms with E-state index in [4.69, 9.17) is 0 Å². The van der Waals surface area contributed by atoms with Gasteiger partial charge in [0, 0.05) is 16.7 Å². The number of benzene rings is 2. The standard InChI is InChI=1S/C14H8O8.2Ti/c15-11(16)6-2-1-5-3-8(12(17)18)10(14(21)22)9(13(19)20)7(5)4-6;;/h1-4H,(H,15,16)(H,17,18)(H,19,20)(H,21,22);;/q;2*+2/p-4. The van der Waals surface area contributed by atoms with E-state index in [1.54, 1.807) is 0 Å². The van der Waals surface area contributed by atoms with Crippen LogP contribution in [0.5, 0.6) is 0 Å². The van der Waals surface area contributed by atoms with Gasteiger partial charge in [0.25, 0.3) is 0 Å². The summed E-state index contributed by atoms with van der Waals surface area (Å²) in [7, 11) is 0. The molecule has 0 aromatic heterocycles. The first kappa shape index (κ1) is 22.0. The van der Waals surface area contributed by atoms with Gasteiger partial charge >= 0.3 is 43.4 Å². The molecule has 0 bridgehead atoms. The Morgan fingerprint density at radius 3 is 1.62 bits per heavy atom. The largest absolute Gasteiger partial charge is 2.00 e. The van der Waals surface area contributed by atoms with Crippen molar-refractivity contribution in [3.05, 3.63) is 46.5 Å².